The number of nitrogens with zero attached hydrogens (tertiary/aromatic N) is 2. The number of aromatic nitrogens is 2. The molecule has 1 heterocycles. The van der Waals surface area contributed by atoms with Gasteiger partial charge in [-0.3, -0.25) is 4.79 Å². The number of ether oxygens (including phenoxy) is 1. The maximum Gasteiger partial charge on any atom is 0.207 e. The van der Waals surface area contributed by atoms with E-state index in [1.807, 2.05) is 43.3 Å². The Morgan fingerprint density at radius 3 is 2.59 bits per heavy atom. The number of hydrogen-bond donors (Lipinski definition) is 1. The molecular formula is C22H27N3O2. The number of carbonyl (C=O) groups is 1. The third-order valence-electron chi connectivity index (χ3n) is 5.03. The predicted molar refractivity (Wildman–Crippen MR) is 108 cm³/mol. The molecule has 0 radical (unpaired) electrons. The molecule has 2 aromatic carbocycles. The lowest BCUT2D eigenvalue weighted by atomic mass is 9.99. The maximum absolute atomic E-state index is 10.8. The van der Waals surface area contributed by atoms with E-state index in [-0.39, 0.29) is 6.04 Å². The van der Waals surface area contributed by atoms with Crippen LogP contribution in [0.2, 0.25) is 0 Å². The number of hydrogen-bond acceptors (Lipinski definition) is 3. The molecular weight excluding hydrogens is 338 g/mol. The SMILES string of the molecule is CC[C@@H](C)c1ccc(OCCn2c([C@@H](C)NC=O)nc3ccccc32)cc1. The van der Waals surface area contributed by atoms with Crippen molar-refractivity contribution in [1.29, 1.82) is 0 Å². The molecule has 3 rings (SSSR count). The van der Waals surface area contributed by atoms with Gasteiger partial charge < -0.3 is 14.6 Å². The minimum Gasteiger partial charge on any atom is -0.492 e. The van der Waals surface area contributed by atoms with Crippen LogP contribution in [0, 0.1) is 0 Å². The van der Waals surface area contributed by atoms with Crippen LogP contribution in [0.4, 0.5) is 0 Å². The lowest BCUT2D eigenvalue weighted by Gasteiger charge is -2.15. The van der Waals surface area contributed by atoms with Gasteiger partial charge in [0.15, 0.2) is 0 Å². The van der Waals surface area contributed by atoms with Crippen LogP contribution >= 0.6 is 0 Å². The first-order valence-corrected chi connectivity index (χ1v) is 9.51. The third kappa shape index (κ3) is 4.30. The second kappa shape index (κ2) is 8.71. The van der Waals surface area contributed by atoms with E-state index < -0.39 is 0 Å². The molecule has 0 aliphatic heterocycles. The van der Waals surface area contributed by atoms with Gasteiger partial charge in [-0.05, 0) is 49.1 Å². The number of nitrogens with one attached hydrogen (secondary N) is 1. The number of amides is 1. The zero-order valence-electron chi connectivity index (χ0n) is 16.2. The van der Waals surface area contributed by atoms with E-state index in [1.165, 1.54) is 5.56 Å². The van der Waals surface area contributed by atoms with Crippen molar-refractivity contribution in [3.8, 4) is 5.75 Å². The van der Waals surface area contributed by atoms with Gasteiger partial charge in [-0.25, -0.2) is 4.98 Å². The van der Waals surface area contributed by atoms with Crippen LogP contribution in [-0.2, 0) is 11.3 Å². The fraction of sp³-hybridized carbons (Fsp3) is 0.364. The Bertz CT molecular complexity index is 886. The maximum atomic E-state index is 10.8. The Labute approximate surface area is 160 Å². The molecule has 0 bridgehead atoms. The number of para-hydroxylation sites is 2. The van der Waals surface area contributed by atoms with Gasteiger partial charge in [-0.2, -0.15) is 0 Å². The Hall–Kier alpha value is -2.82. The van der Waals surface area contributed by atoms with E-state index in [4.69, 9.17) is 4.74 Å². The van der Waals surface area contributed by atoms with Crippen LogP contribution in [-0.4, -0.2) is 22.6 Å². The molecule has 142 valence electrons. The first-order valence-electron chi connectivity index (χ1n) is 9.51. The minimum atomic E-state index is -0.162. The summed E-state index contributed by atoms with van der Waals surface area (Å²) < 4.78 is 8.07. The molecule has 0 saturated heterocycles. The average molecular weight is 365 g/mol. The fourth-order valence-electron chi connectivity index (χ4n) is 3.22. The highest BCUT2D eigenvalue weighted by atomic mass is 16.5. The van der Waals surface area contributed by atoms with Crippen molar-refractivity contribution in [2.24, 2.45) is 0 Å². The highest BCUT2D eigenvalue weighted by Crippen LogP contribution is 2.23. The van der Waals surface area contributed by atoms with Crippen molar-refractivity contribution in [2.45, 2.75) is 45.7 Å². The first kappa shape index (κ1) is 19.0. The second-order valence-corrected chi connectivity index (χ2v) is 6.84. The smallest absolute Gasteiger partial charge is 0.207 e. The molecule has 0 saturated carbocycles. The van der Waals surface area contributed by atoms with E-state index >= 15 is 0 Å². The zero-order chi connectivity index (χ0) is 19.2. The Balaban J connectivity index is 1.72. The summed E-state index contributed by atoms with van der Waals surface area (Å²) in [5.74, 6) is 2.26. The third-order valence-corrected chi connectivity index (χ3v) is 5.03. The summed E-state index contributed by atoms with van der Waals surface area (Å²) in [4.78, 5) is 15.5. The van der Waals surface area contributed by atoms with E-state index in [2.05, 4.69) is 40.8 Å². The molecule has 0 fully saturated rings. The molecule has 0 aliphatic rings. The molecule has 5 heteroatoms. The second-order valence-electron chi connectivity index (χ2n) is 6.84. The average Bonchev–Trinajstić information content (AvgIpc) is 3.07. The minimum absolute atomic E-state index is 0.162. The summed E-state index contributed by atoms with van der Waals surface area (Å²) in [5, 5.41) is 2.79. The van der Waals surface area contributed by atoms with Crippen molar-refractivity contribution in [2.75, 3.05) is 6.61 Å². The van der Waals surface area contributed by atoms with E-state index in [9.17, 15) is 4.79 Å². The van der Waals surface area contributed by atoms with Gasteiger partial charge in [-0.15, -0.1) is 0 Å². The molecule has 3 aromatic rings. The summed E-state index contributed by atoms with van der Waals surface area (Å²) in [6.07, 6.45) is 1.84. The monoisotopic (exact) mass is 365 g/mol. The van der Waals surface area contributed by atoms with E-state index in [0.717, 1.165) is 29.0 Å². The van der Waals surface area contributed by atoms with E-state index in [0.29, 0.717) is 25.5 Å². The lowest BCUT2D eigenvalue weighted by Crippen LogP contribution is -2.21. The molecule has 1 N–H and O–H groups in total. The van der Waals surface area contributed by atoms with E-state index in [1.54, 1.807) is 0 Å². The van der Waals surface area contributed by atoms with Gasteiger partial charge in [0, 0.05) is 0 Å². The Morgan fingerprint density at radius 1 is 1.15 bits per heavy atom. The summed E-state index contributed by atoms with van der Waals surface area (Å²) in [7, 11) is 0. The standard InChI is InChI=1S/C22H27N3O2/c1-4-16(2)18-9-11-19(12-10-18)27-14-13-25-21-8-6-5-7-20(21)24-22(25)17(3)23-15-26/h5-12,15-17H,4,13-14H2,1-3H3,(H,23,26)/t16-,17-/m1/s1. The van der Waals surface area contributed by atoms with Crippen molar-refractivity contribution in [1.82, 2.24) is 14.9 Å². The molecule has 27 heavy (non-hydrogen) atoms. The summed E-state index contributed by atoms with van der Waals surface area (Å²) in [5.41, 5.74) is 3.30. The molecule has 0 unspecified atom stereocenters. The number of carbonyl (C=O) groups excluding carboxylic acids is 1. The highest BCUT2D eigenvalue weighted by Gasteiger charge is 2.16. The van der Waals surface area contributed by atoms with Crippen LogP contribution in [0.5, 0.6) is 5.75 Å². The number of benzene rings is 2. The Kier molecular flexibility index (Phi) is 6.12. The van der Waals surface area contributed by atoms with Gasteiger partial charge in [0.2, 0.25) is 6.41 Å². The summed E-state index contributed by atoms with van der Waals surface area (Å²) in [6.45, 7) is 7.55. The van der Waals surface area contributed by atoms with Crippen molar-refractivity contribution >= 4 is 17.4 Å². The molecule has 0 aliphatic carbocycles. The normalized spacial score (nSPS) is 13.3. The number of imidazole rings is 1. The van der Waals surface area contributed by atoms with Crippen molar-refractivity contribution in [3.63, 3.8) is 0 Å². The molecule has 0 spiro atoms. The van der Waals surface area contributed by atoms with Gasteiger partial charge >= 0.3 is 0 Å². The lowest BCUT2D eigenvalue weighted by molar-refractivity contribution is -0.110. The zero-order valence-corrected chi connectivity index (χ0v) is 16.2. The predicted octanol–water partition coefficient (Wildman–Crippen LogP) is 4.44. The van der Waals surface area contributed by atoms with Gasteiger partial charge in [0.25, 0.3) is 0 Å². The van der Waals surface area contributed by atoms with Crippen LogP contribution in [0.3, 0.4) is 0 Å². The first-order chi connectivity index (χ1) is 13.1. The van der Waals surface area contributed by atoms with Crippen molar-refractivity contribution < 1.29 is 9.53 Å². The quantitative estimate of drug-likeness (QED) is 0.571. The molecule has 1 aromatic heterocycles. The van der Waals surface area contributed by atoms with Crippen LogP contribution < -0.4 is 10.1 Å². The molecule has 2 atom stereocenters. The van der Waals surface area contributed by atoms with Gasteiger partial charge in [0.05, 0.1) is 23.6 Å². The summed E-state index contributed by atoms with van der Waals surface area (Å²) >= 11 is 0. The van der Waals surface area contributed by atoms with Crippen LogP contribution in [0.25, 0.3) is 11.0 Å². The Morgan fingerprint density at radius 2 is 1.89 bits per heavy atom. The van der Waals surface area contributed by atoms with Crippen LogP contribution in [0.1, 0.15) is 50.5 Å². The van der Waals surface area contributed by atoms with Crippen LogP contribution in [0.15, 0.2) is 48.5 Å². The largest absolute Gasteiger partial charge is 0.492 e. The fourth-order valence-corrected chi connectivity index (χ4v) is 3.22. The topological polar surface area (TPSA) is 56.1 Å². The molecule has 1 amide bonds. The molecule has 5 nitrogen and oxygen atoms in total. The summed E-state index contributed by atoms with van der Waals surface area (Å²) in [6, 6.07) is 16.2. The number of rotatable bonds is 9. The number of fused-ring (bicyclic) bond motifs is 1. The van der Waals surface area contributed by atoms with Gasteiger partial charge in [-0.1, -0.05) is 38.1 Å². The van der Waals surface area contributed by atoms with Crippen molar-refractivity contribution in [3.05, 3.63) is 59.9 Å². The van der Waals surface area contributed by atoms with Gasteiger partial charge in [0.1, 0.15) is 18.2 Å². The highest BCUT2D eigenvalue weighted by molar-refractivity contribution is 5.76.